The zero-order valence-electron chi connectivity index (χ0n) is 15.7. The molecular formula is C22H20BrF2N3O. The van der Waals surface area contributed by atoms with E-state index in [1.54, 1.807) is 18.3 Å². The van der Waals surface area contributed by atoms with Crippen molar-refractivity contribution in [1.82, 2.24) is 9.88 Å². The summed E-state index contributed by atoms with van der Waals surface area (Å²) >= 11 is 3.14. The number of carbonyl (C=O) groups excluding carboxylic acids is 1. The molecule has 7 heteroatoms. The first-order valence-electron chi connectivity index (χ1n) is 9.57. The van der Waals surface area contributed by atoms with E-state index in [1.807, 2.05) is 6.07 Å². The molecule has 150 valence electrons. The summed E-state index contributed by atoms with van der Waals surface area (Å²) in [5, 5.41) is 3.11. The van der Waals surface area contributed by atoms with E-state index in [0.717, 1.165) is 25.2 Å². The van der Waals surface area contributed by atoms with Crippen molar-refractivity contribution < 1.29 is 13.6 Å². The van der Waals surface area contributed by atoms with Crippen LogP contribution in [0.2, 0.25) is 0 Å². The predicted octanol–water partition coefficient (Wildman–Crippen LogP) is 5.51. The number of carbonyl (C=O) groups is 1. The zero-order valence-corrected chi connectivity index (χ0v) is 17.3. The second kappa shape index (κ2) is 8.55. The van der Waals surface area contributed by atoms with Gasteiger partial charge in [-0.05, 0) is 61.8 Å². The highest BCUT2D eigenvalue weighted by molar-refractivity contribution is 9.10. The number of hydrogen-bond acceptors (Lipinski definition) is 3. The normalized spacial score (nSPS) is 14.9. The summed E-state index contributed by atoms with van der Waals surface area (Å²) in [6.07, 6.45) is 5.37. The lowest BCUT2D eigenvalue weighted by Crippen LogP contribution is -2.29. The Labute approximate surface area is 176 Å². The predicted molar refractivity (Wildman–Crippen MR) is 113 cm³/mol. The topological polar surface area (TPSA) is 45.2 Å². The highest BCUT2D eigenvalue weighted by Crippen LogP contribution is 2.25. The maximum Gasteiger partial charge on any atom is 0.258 e. The molecule has 0 unspecified atom stereocenters. The molecule has 0 bridgehead atoms. The number of aromatic nitrogens is 1. The first kappa shape index (κ1) is 19.9. The highest BCUT2D eigenvalue weighted by Gasteiger charge is 2.17. The molecule has 4 rings (SSSR count). The van der Waals surface area contributed by atoms with Gasteiger partial charge in [0.15, 0.2) is 5.82 Å². The smallest absolute Gasteiger partial charge is 0.258 e. The molecule has 0 atom stereocenters. The molecule has 0 spiro atoms. The van der Waals surface area contributed by atoms with Crippen LogP contribution in [0.5, 0.6) is 0 Å². The fraction of sp³-hybridized carbons (Fsp3) is 0.273. The quantitative estimate of drug-likeness (QED) is 0.558. The summed E-state index contributed by atoms with van der Waals surface area (Å²) in [4.78, 5) is 19.0. The van der Waals surface area contributed by atoms with Crippen molar-refractivity contribution in [2.24, 2.45) is 0 Å². The van der Waals surface area contributed by atoms with Gasteiger partial charge in [-0.3, -0.25) is 14.7 Å². The second-order valence-corrected chi connectivity index (χ2v) is 8.17. The molecule has 0 aliphatic carbocycles. The van der Waals surface area contributed by atoms with E-state index < -0.39 is 17.5 Å². The molecule has 1 aliphatic heterocycles. The van der Waals surface area contributed by atoms with Gasteiger partial charge in [0.1, 0.15) is 11.3 Å². The van der Waals surface area contributed by atoms with Gasteiger partial charge in [-0.25, -0.2) is 8.78 Å². The Morgan fingerprint density at radius 3 is 2.66 bits per heavy atom. The third-order valence-corrected chi connectivity index (χ3v) is 5.62. The minimum Gasteiger partial charge on any atom is -0.319 e. The number of halogens is 3. The molecule has 1 aromatic heterocycles. The highest BCUT2D eigenvalue weighted by atomic mass is 79.9. The second-order valence-electron chi connectivity index (χ2n) is 7.26. The third-order valence-electron chi connectivity index (χ3n) is 5.13. The molecule has 1 saturated heterocycles. The van der Waals surface area contributed by atoms with Crippen LogP contribution in [0.15, 0.2) is 47.1 Å². The van der Waals surface area contributed by atoms with E-state index >= 15 is 0 Å². The number of pyridine rings is 1. The number of rotatable bonds is 4. The number of hydrogen-bond donors (Lipinski definition) is 1. The van der Waals surface area contributed by atoms with Gasteiger partial charge in [-0.1, -0.05) is 28.4 Å². The standard InChI is InChI=1S/C22H20BrF2N3O/c23-16-5-6-17(18(24)11-16)22(29)27-19-7-4-15-10-14(12-26-21(15)20(19)25)13-28-8-2-1-3-9-28/h4-7,10-12H,1-3,8-9,13H2,(H,27,29). The van der Waals surface area contributed by atoms with Gasteiger partial charge in [-0.2, -0.15) is 0 Å². The SMILES string of the molecule is O=C(Nc1ccc2cc(CN3CCCCC3)cnc2c1F)c1ccc(Br)cc1F. The molecule has 1 fully saturated rings. The third kappa shape index (κ3) is 4.46. The summed E-state index contributed by atoms with van der Waals surface area (Å²) in [5.74, 6) is -2.02. The van der Waals surface area contributed by atoms with Gasteiger partial charge < -0.3 is 5.32 Å². The minimum atomic E-state index is -0.713. The van der Waals surface area contributed by atoms with Crippen molar-refractivity contribution in [2.75, 3.05) is 18.4 Å². The van der Waals surface area contributed by atoms with Crippen molar-refractivity contribution in [1.29, 1.82) is 0 Å². The lowest BCUT2D eigenvalue weighted by atomic mass is 10.1. The number of benzene rings is 2. The van der Waals surface area contributed by atoms with Crippen LogP contribution in [0.3, 0.4) is 0 Å². The van der Waals surface area contributed by atoms with E-state index in [0.29, 0.717) is 9.86 Å². The molecule has 4 nitrogen and oxygen atoms in total. The largest absolute Gasteiger partial charge is 0.319 e. The minimum absolute atomic E-state index is 0.0268. The van der Waals surface area contributed by atoms with Crippen molar-refractivity contribution in [3.05, 3.63) is 69.8 Å². The number of anilines is 1. The van der Waals surface area contributed by atoms with Gasteiger partial charge in [0.25, 0.3) is 5.91 Å². The number of piperidine rings is 1. The van der Waals surface area contributed by atoms with Gasteiger partial charge in [0.05, 0.1) is 11.3 Å². The summed E-state index contributed by atoms with van der Waals surface area (Å²) in [6, 6.07) is 9.23. The lowest BCUT2D eigenvalue weighted by molar-refractivity contribution is 0.102. The monoisotopic (exact) mass is 459 g/mol. The Bertz CT molecular complexity index is 1070. The first-order valence-corrected chi connectivity index (χ1v) is 10.4. The fourth-order valence-electron chi connectivity index (χ4n) is 3.63. The van der Waals surface area contributed by atoms with Crippen molar-refractivity contribution in [2.45, 2.75) is 25.8 Å². The van der Waals surface area contributed by atoms with Crippen molar-refractivity contribution in [3.8, 4) is 0 Å². The molecule has 0 radical (unpaired) electrons. The lowest BCUT2D eigenvalue weighted by Gasteiger charge is -2.26. The van der Waals surface area contributed by atoms with Gasteiger partial charge in [-0.15, -0.1) is 0 Å². The van der Waals surface area contributed by atoms with Crippen LogP contribution in [0, 0.1) is 11.6 Å². The van der Waals surface area contributed by atoms with Crippen LogP contribution in [-0.2, 0) is 6.54 Å². The Morgan fingerprint density at radius 2 is 1.90 bits per heavy atom. The van der Waals surface area contributed by atoms with Crippen molar-refractivity contribution >= 4 is 38.4 Å². The Balaban J connectivity index is 1.55. The van der Waals surface area contributed by atoms with Gasteiger partial charge in [0, 0.05) is 22.6 Å². The molecule has 0 saturated carbocycles. The van der Waals surface area contributed by atoms with Crippen LogP contribution in [0.4, 0.5) is 14.5 Å². The van der Waals surface area contributed by atoms with Crippen LogP contribution >= 0.6 is 15.9 Å². The number of amides is 1. The summed E-state index contributed by atoms with van der Waals surface area (Å²) in [7, 11) is 0. The fourth-order valence-corrected chi connectivity index (χ4v) is 3.97. The van der Waals surface area contributed by atoms with E-state index in [4.69, 9.17) is 0 Å². The average Bonchev–Trinajstić information content (AvgIpc) is 2.71. The van der Waals surface area contributed by atoms with Gasteiger partial charge in [0.2, 0.25) is 0 Å². The zero-order chi connectivity index (χ0) is 20.4. The Kier molecular flexibility index (Phi) is 5.87. The average molecular weight is 460 g/mol. The van der Waals surface area contributed by atoms with Crippen molar-refractivity contribution in [3.63, 3.8) is 0 Å². The first-order chi connectivity index (χ1) is 14.0. The summed E-state index contributed by atoms with van der Waals surface area (Å²) in [5.41, 5.74) is 1.03. The maximum absolute atomic E-state index is 14.9. The summed E-state index contributed by atoms with van der Waals surface area (Å²) in [6.45, 7) is 2.94. The number of fused-ring (bicyclic) bond motifs is 1. The molecular weight excluding hydrogens is 440 g/mol. The molecule has 3 aromatic rings. The molecule has 1 aliphatic rings. The van der Waals surface area contributed by atoms with E-state index in [9.17, 15) is 13.6 Å². The molecule has 2 aromatic carbocycles. The van der Waals surface area contributed by atoms with E-state index in [-0.39, 0.29) is 16.8 Å². The van der Waals surface area contributed by atoms with Crippen LogP contribution in [-0.4, -0.2) is 28.9 Å². The number of nitrogens with one attached hydrogen (secondary N) is 1. The Hall–Kier alpha value is -2.38. The maximum atomic E-state index is 14.9. The Morgan fingerprint density at radius 1 is 1.10 bits per heavy atom. The molecule has 1 amide bonds. The van der Waals surface area contributed by atoms with Crippen LogP contribution < -0.4 is 5.32 Å². The van der Waals surface area contributed by atoms with E-state index in [1.165, 1.54) is 37.5 Å². The van der Waals surface area contributed by atoms with Gasteiger partial charge >= 0.3 is 0 Å². The summed E-state index contributed by atoms with van der Waals surface area (Å²) < 4.78 is 29.4. The van der Waals surface area contributed by atoms with E-state index in [2.05, 4.69) is 31.1 Å². The number of nitrogens with zero attached hydrogens (tertiary/aromatic N) is 2. The van der Waals surface area contributed by atoms with Crippen LogP contribution in [0.1, 0.15) is 35.2 Å². The van der Waals surface area contributed by atoms with Crippen LogP contribution in [0.25, 0.3) is 10.9 Å². The number of likely N-dealkylation sites (tertiary alicyclic amines) is 1. The molecule has 1 N–H and O–H groups in total. The molecule has 29 heavy (non-hydrogen) atoms. The molecule has 2 heterocycles.